The van der Waals surface area contributed by atoms with Crippen LogP contribution in [0.15, 0.2) is 37.1 Å². The standard InChI is InChI=1S/C22H28N6O/c1-15(2)28-17(4)20(16(3)26-28)12-27-7-8-29-22(13-27)21-6-5-18(11-25-21)19-9-23-14-24-10-19/h5-6,9-11,14-15,22H,7-8,12-13H2,1-4H3. The lowest BCUT2D eigenvalue weighted by atomic mass is 10.1. The molecular weight excluding hydrogens is 364 g/mol. The van der Waals surface area contributed by atoms with Crippen molar-refractivity contribution >= 4 is 0 Å². The third-order valence-corrected chi connectivity index (χ3v) is 5.51. The number of rotatable bonds is 5. The van der Waals surface area contributed by atoms with E-state index in [0.29, 0.717) is 12.6 Å². The molecule has 7 heteroatoms. The van der Waals surface area contributed by atoms with E-state index >= 15 is 0 Å². The molecule has 1 fully saturated rings. The predicted molar refractivity (Wildman–Crippen MR) is 111 cm³/mol. The lowest BCUT2D eigenvalue weighted by Gasteiger charge is -2.32. The topological polar surface area (TPSA) is 69.0 Å². The summed E-state index contributed by atoms with van der Waals surface area (Å²) >= 11 is 0. The molecule has 3 aromatic heterocycles. The van der Waals surface area contributed by atoms with E-state index in [1.165, 1.54) is 17.6 Å². The van der Waals surface area contributed by atoms with Gasteiger partial charge in [-0.1, -0.05) is 6.07 Å². The van der Waals surface area contributed by atoms with Crippen LogP contribution in [0.3, 0.4) is 0 Å². The minimum atomic E-state index is -0.0226. The number of aryl methyl sites for hydroxylation is 1. The second kappa shape index (κ2) is 8.39. The molecule has 1 saturated heterocycles. The second-order valence-corrected chi connectivity index (χ2v) is 7.88. The summed E-state index contributed by atoms with van der Waals surface area (Å²) in [5.41, 5.74) is 6.63. The van der Waals surface area contributed by atoms with E-state index in [4.69, 9.17) is 9.84 Å². The first-order chi connectivity index (χ1) is 14.0. The third kappa shape index (κ3) is 4.21. The smallest absolute Gasteiger partial charge is 0.115 e. The van der Waals surface area contributed by atoms with Crippen molar-refractivity contribution in [3.8, 4) is 11.1 Å². The van der Waals surface area contributed by atoms with Crippen LogP contribution >= 0.6 is 0 Å². The number of ether oxygens (including phenoxy) is 1. The maximum absolute atomic E-state index is 6.03. The monoisotopic (exact) mass is 392 g/mol. The Morgan fingerprint density at radius 2 is 1.90 bits per heavy atom. The molecule has 1 aliphatic rings. The molecule has 0 radical (unpaired) electrons. The highest BCUT2D eigenvalue weighted by Gasteiger charge is 2.25. The fourth-order valence-electron chi connectivity index (χ4n) is 3.89. The molecule has 0 aromatic carbocycles. The Kier molecular flexibility index (Phi) is 5.69. The molecule has 0 amide bonds. The van der Waals surface area contributed by atoms with Crippen LogP contribution in [0, 0.1) is 13.8 Å². The fourth-order valence-corrected chi connectivity index (χ4v) is 3.89. The van der Waals surface area contributed by atoms with Gasteiger partial charge < -0.3 is 4.74 Å². The van der Waals surface area contributed by atoms with Gasteiger partial charge in [-0.25, -0.2) is 9.97 Å². The van der Waals surface area contributed by atoms with E-state index in [0.717, 1.165) is 42.1 Å². The molecule has 29 heavy (non-hydrogen) atoms. The molecule has 1 aliphatic heterocycles. The van der Waals surface area contributed by atoms with Crippen LogP contribution in [0.5, 0.6) is 0 Å². The summed E-state index contributed by atoms with van der Waals surface area (Å²) in [5.74, 6) is 0. The van der Waals surface area contributed by atoms with Gasteiger partial charge in [0.05, 0.1) is 18.0 Å². The molecule has 0 aliphatic carbocycles. The number of morpholine rings is 1. The Morgan fingerprint density at radius 1 is 1.10 bits per heavy atom. The van der Waals surface area contributed by atoms with Crippen molar-refractivity contribution in [1.29, 1.82) is 0 Å². The number of hydrogen-bond donors (Lipinski definition) is 0. The average molecular weight is 393 g/mol. The van der Waals surface area contributed by atoms with Gasteiger partial charge in [0.2, 0.25) is 0 Å². The van der Waals surface area contributed by atoms with E-state index in [9.17, 15) is 0 Å². The largest absolute Gasteiger partial charge is 0.369 e. The Bertz CT molecular complexity index is 951. The molecule has 1 atom stereocenters. The molecule has 152 valence electrons. The highest BCUT2D eigenvalue weighted by molar-refractivity contribution is 5.60. The quantitative estimate of drug-likeness (QED) is 0.662. The van der Waals surface area contributed by atoms with Crippen LogP contribution in [0.25, 0.3) is 11.1 Å². The van der Waals surface area contributed by atoms with Crippen molar-refractivity contribution in [2.45, 2.75) is 46.4 Å². The van der Waals surface area contributed by atoms with Crippen molar-refractivity contribution in [2.75, 3.05) is 19.7 Å². The summed E-state index contributed by atoms with van der Waals surface area (Å²) in [7, 11) is 0. The average Bonchev–Trinajstić information content (AvgIpc) is 3.03. The van der Waals surface area contributed by atoms with E-state index in [1.807, 2.05) is 12.3 Å². The molecule has 0 N–H and O–H groups in total. The van der Waals surface area contributed by atoms with E-state index in [2.05, 4.69) is 58.3 Å². The maximum Gasteiger partial charge on any atom is 0.115 e. The molecular formula is C22H28N6O. The van der Waals surface area contributed by atoms with E-state index in [1.54, 1.807) is 12.4 Å². The highest BCUT2D eigenvalue weighted by atomic mass is 16.5. The molecule has 0 bridgehead atoms. The Morgan fingerprint density at radius 3 is 2.55 bits per heavy atom. The molecule has 1 unspecified atom stereocenters. The van der Waals surface area contributed by atoms with Crippen LogP contribution < -0.4 is 0 Å². The van der Waals surface area contributed by atoms with Gasteiger partial charge in [0.1, 0.15) is 12.4 Å². The summed E-state index contributed by atoms with van der Waals surface area (Å²) in [6.45, 7) is 12.0. The van der Waals surface area contributed by atoms with Gasteiger partial charge >= 0.3 is 0 Å². The summed E-state index contributed by atoms with van der Waals surface area (Å²) in [4.78, 5) is 15.2. The maximum atomic E-state index is 6.03. The molecule has 4 rings (SSSR count). The molecule has 3 aromatic rings. The van der Waals surface area contributed by atoms with Crippen molar-refractivity contribution < 1.29 is 4.74 Å². The Balaban J connectivity index is 1.46. The number of pyridine rings is 1. The molecule has 4 heterocycles. The summed E-state index contributed by atoms with van der Waals surface area (Å²) < 4.78 is 8.15. The van der Waals surface area contributed by atoms with Crippen molar-refractivity contribution in [1.82, 2.24) is 29.6 Å². The Hall–Kier alpha value is -2.64. The van der Waals surface area contributed by atoms with Crippen molar-refractivity contribution in [2.24, 2.45) is 0 Å². The van der Waals surface area contributed by atoms with Crippen LogP contribution in [-0.2, 0) is 11.3 Å². The fraction of sp³-hybridized carbons (Fsp3) is 0.455. The zero-order chi connectivity index (χ0) is 20.4. The summed E-state index contributed by atoms with van der Waals surface area (Å²) in [6.07, 6.45) is 6.97. The predicted octanol–water partition coefficient (Wildman–Crippen LogP) is 3.51. The van der Waals surface area contributed by atoms with Gasteiger partial charge in [0, 0.05) is 66.7 Å². The Labute approximate surface area is 171 Å². The van der Waals surface area contributed by atoms with Crippen LogP contribution in [0.2, 0.25) is 0 Å². The highest BCUT2D eigenvalue weighted by Crippen LogP contribution is 2.26. The number of hydrogen-bond acceptors (Lipinski definition) is 6. The van der Waals surface area contributed by atoms with Gasteiger partial charge in [-0.3, -0.25) is 14.6 Å². The van der Waals surface area contributed by atoms with Crippen LogP contribution in [0.4, 0.5) is 0 Å². The van der Waals surface area contributed by atoms with Crippen LogP contribution in [0.1, 0.15) is 48.6 Å². The first kappa shape index (κ1) is 19.7. The first-order valence-corrected chi connectivity index (χ1v) is 10.1. The summed E-state index contributed by atoms with van der Waals surface area (Å²) in [6, 6.07) is 4.48. The summed E-state index contributed by atoms with van der Waals surface area (Å²) in [5, 5.41) is 4.73. The minimum Gasteiger partial charge on any atom is -0.369 e. The van der Waals surface area contributed by atoms with E-state index in [-0.39, 0.29) is 6.10 Å². The van der Waals surface area contributed by atoms with Gasteiger partial charge in [0.15, 0.2) is 0 Å². The molecule has 0 saturated carbocycles. The van der Waals surface area contributed by atoms with Crippen LogP contribution in [-0.4, -0.2) is 49.3 Å². The lowest BCUT2D eigenvalue weighted by Crippen LogP contribution is -2.38. The SMILES string of the molecule is Cc1nn(C(C)C)c(C)c1CN1CCOC(c2ccc(-c3cncnc3)cn2)C1. The zero-order valence-electron chi connectivity index (χ0n) is 17.5. The van der Waals surface area contributed by atoms with Crippen molar-refractivity contribution in [3.63, 3.8) is 0 Å². The van der Waals surface area contributed by atoms with Gasteiger partial charge in [-0.2, -0.15) is 5.10 Å². The normalized spacial score (nSPS) is 17.8. The van der Waals surface area contributed by atoms with Gasteiger partial charge in [0.25, 0.3) is 0 Å². The second-order valence-electron chi connectivity index (χ2n) is 7.88. The van der Waals surface area contributed by atoms with Crippen molar-refractivity contribution in [3.05, 3.63) is 59.7 Å². The lowest BCUT2D eigenvalue weighted by molar-refractivity contribution is -0.0351. The number of nitrogens with zero attached hydrogens (tertiary/aromatic N) is 6. The number of aromatic nitrogens is 5. The zero-order valence-corrected chi connectivity index (χ0v) is 17.5. The molecule has 0 spiro atoms. The van der Waals surface area contributed by atoms with Gasteiger partial charge in [-0.05, 0) is 33.8 Å². The third-order valence-electron chi connectivity index (χ3n) is 5.51. The van der Waals surface area contributed by atoms with Gasteiger partial charge in [-0.15, -0.1) is 0 Å². The minimum absolute atomic E-state index is 0.0226. The molecule has 7 nitrogen and oxygen atoms in total. The first-order valence-electron chi connectivity index (χ1n) is 10.1. The van der Waals surface area contributed by atoms with E-state index < -0.39 is 0 Å².